The summed E-state index contributed by atoms with van der Waals surface area (Å²) in [5, 5.41) is 0. The number of aryl methyl sites for hydroxylation is 1. The van der Waals surface area contributed by atoms with Crippen LogP contribution in [0.2, 0.25) is 0 Å². The second kappa shape index (κ2) is 8.89. The van der Waals surface area contributed by atoms with E-state index in [4.69, 9.17) is 9.47 Å². The number of rotatable bonds is 4. The minimum Gasteiger partial charge on any atom is -0.468 e. The monoisotopic (exact) mass is 501 g/mol. The van der Waals surface area contributed by atoms with E-state index >= 15 is 0 Å². The predicted molar refractivity (Wildman–Crippen MR) is 132 cm³/mol. The van der Waals surface area contributed by atoms with Crippen molar-refractivity contribution < 1.29 is 27.5 Å². The number of fused-ring (bicyclic) bond motifs is 2. The molecule has 4 rings (SSSR count). The fourth-order valence-electron chi connectivity index (χ4n) is 5.95. The molecule has 1 aromatic carbocycles. The highest BCUT2D eigenvalue weighted by Crippen LogP contribution is 2.57. The first-order chi connectivity index (χ1) is 16.3. The number of methoxy groups -OCH3 is 2. The molecule has 1 saturated heterocycles. The van der Waals surface area contributed by atoms with E-state index in [0.29, 0.717) is 13.0 Å². The van der Waals surface area contributed by atoms with Gasteiger partial charge < -0.3 is 9.47 Å². The number of carbonyl (C=O) groups is 2. The van der Waals surface area contributed by atoms with Crippen LogP contribution in [0.25, 0.3) is 0 Å². The quantitative estimate of drug-likeness (QED) is 0.352. The van der Waals surface area contributed by atoms with Crippen molar-refractivity contribution in [1.82, 2.24) is 4.31 Å². The fourth-order valence-corrected chi connectivity index (χ4v) is 7.41. The molecule has 0 N–H and O–H groups in total. The standard InChI is InChI=1S/C27H35NO6S/c1-17-7-9-20(10-8-17)35(31,32)28-15-19-11-18(12-26(2,3)4)21-13-27(24(29)33-5,25(30)34-6)14-22(21)23(19)16-28/h7-10,12,19,21H,11,13-16H2,1-6H3/b18-12-/t19-,21-/m0/s1. The van der Waals surface area contributed by atoms with Crippen molar-refractivity contribution in [1.29, 1.82) is 0 Å². The molecule has 8 heteroatoms. The van der Waals surface area contributed by atoms with Gasteiger partial charge in [0.1, 0.15) is 0 Å². The lowest BCUT2D eigenvalue weighted by Crippen LogP contribution is -2.39. The van der Waals surface area contributed by atoms with Crippen LogP contribution in [-0.2, 0) is 29.1 Å². The van der Waals surface area contributed by atoms with E-state index in [9.17, 15) is 18.0 Å². The topological polar surface area (TPSA) is 90.0 Å². The van der Waals surface area contributed by atoms with Crippen molar-refractivity contribution >= 4 is 22.0 Å². The molecule has 1 aromatic rings. The minimum atomic E-state index is -3.67. The van der Waals surface area contributed by atoms with Gasteiger partial charge in [0.05, 0.1) is 19.1 Å². The van der Waals surface area contributed by atoms with E-state index in [1.54, 1.807) is 24.3 Å². The van der Waals surface area contributed by atoms with Crippen LogP contribution in [0.1, 0.15) is 45.6 Å². The summed E-state index contributed by atoms with van der Waals surface area (Å²) >= 11 is 0. The molecule has 0 unspecified atom stereocenters. The van der Waals surface area contributed by atoms with Crippen LogP contribution in [0, 0.1) is 29.6 Å². The molecule has 190 valence electrons. The maximum absolute atomic E-state index is 13.5. The third kappa shape index (κ3) is 4.47. The van der Waals surface area contributed by atoms with E-state index in [1.807, 2.05) is 6.92 Å². The van der Waals surface area contributed by atoms with Crippen LogP contribution >= 0.6 is 0 Å². The smallest absolute Gasteiger partial charge is 0.323 e. The largest absolute Gasteiger partial charge is 0.468 e. The number of ether oxygens (including phenoxy) is 2. The third-order valence-electron chi connectivity index (χ3n) is 7.50. The Morgan fingerprint density at radius 2 is 1.66 bits per heavy atom. The first-order valence-corrected chi connectivity index (χ1v) is 13.4. The molecule has 0 aromatic heterocycles. The van der Waals surface area contributed by atoms with Gasteiger partial charge in [0, 0.05) is 19.0 Å². The second-order valence-corrected chi connectivity index (χ2v) is 13.1. The van der Waals surface area contributed by atoms with E-state index in [2.05, 4.69) is 26.8 Å². The van der Waals surface area contributed by atoms with Gasteiger partial charge in [0.2, 0.25) is 10.0 Å². The maximum Gasteiger partial charge on any atom is 0.323 e. The molecule has 35 heavy (non-hydrogen) atoms. The molecule has 0 radical (unpaired) electrons. The maximum atomic E-state index is 13.5. The highest BCUT2D eigenvalue weighted by Gasteiger charge is 2.58. The van der Waals surface area contributed by atoms with E-state index in [-0.39, 0.29) is 41.5 Å². The van der Waals surface area contributed by atoms with Crippen molar-refractivity contribution in [2.75, 3.05) is 27.3 Å². The number of hydrogen-bond donors (Lipinski definition) is 0. The molecule has 2 fully saturated rings. The van der Waals surface area contributed by atoms with Gasteiger partial charge in [-0.25, -0.2) is 8.42 Å². The zero-order valence-electron chi connectivity index (χ0n) is 21.4. The Hall–Kier alpha value is -2.45. The number of nitrogens with zero attached hydrogens (tertiary/aromatic N) is 1. The number of hydrogen-bond acceptors (Lipinski definition) is 6. The Morgan fingerprint density at radius 3 is 2.20 bits per heavy atom. The van der Waals surface area contributed by atoms with Gasteiger partial charge in [-0.2, -0.15) is 4.31 Å². The molecular formula is C27H35NO6S. The van der Waals surface area contributed by atoms with Crippen molar-refractivity contribution in [2.45, 2.75) is 51.9 Å². The Bertz CT molecular complexity index is 1190. The van der Waals surface area contributed by atoms with Gasteiger partial charge in [-0.1, -0.05) is 61.3 Å². The lowest BCUT2D eigenvalue weighted by atomic mass is 9.74. The molecule has 0 amide bonds. The van der Waals surface area contributed by atoms with Crippen LogP contribution in [0.4, 0.5) is 0 Å². The summed E-state index contributed by atoms with van der Waals surface area (Å²) in [5.41, 5.74) is 2.67. The average Bonchev–Trinajstić information content (AvgIpc) is 3.40. The number of esters is 2. The van der Waals surface area contributed by atoms with Crippen molar-refractivity contribution in [2.24, 2.45) is 22.7 Å². The predicted octanol–water partition coefficient (Wildman–Crippen LogP) is 4.03. The first-order valence-electron chi connectivity index (χ1n) is 12.0. The van der Waals surface area contributed by atoms with Crippen LogP contribution in [0.3, 0.4) is 0 Å². The van der Waals surface area contributed by atoms with Gasteiger partial charge in [-0.05, 0) is 49.7 Å². The summed E-state index contributed by atoms with van der Waals surface area (Å²) in [6, 6.07) is 6.90. The normalized spacial score (nSPS) is 25.4. The number of sulfonamides is 1. The first kappa shape index (κ1) is 25.6. The van der Waals surface area contributed by atoms with E-state index in [0.717, 1.165) is 22.3 Å². The summed E-state index contributed by atoms with van der Waals surface area (Å²) in [5.74, 6) is -1.29. The van der Waals surface area contributed by atoms with Crippen LogP contribution in [0.5, 0.6) is 0 Å². The van der Waals surface area contributed by atoms with Gasteiger partial charge >= 0.3 is 11.9 Å². The SMILES string of the molecule is COC(=O)C1(C(=O)OC)CC2=C3CN(S(=O)(=O)c4ccc(C)cc4)C[C@@H]3C/C(=C/C(C)(C)C)[C@@H]2C1. The zero-order chi connectivity index (χ0) is 25.8. The molecular weight excluding hydrogens is 466 g/mol. The number of benzene rings is 1. The highest BCUT2D eigenvalue weighted by molar-refractivity contribution is 7.89. The lowest BCUT2D eigenvalue weighted by molar-refractivity contribution is -0.168. The van der Waals surface area contributed by atoms with Gasteiger partial charge in [-0.15, -0.1) is 0 Å². The second-order valence-electron chi connectivity index (χ2n) is 11.1. The molecule has 1 aliphatic heterocycles. The molecule has 0 spiro atoms. The van der Waals surface area contributed by atoms with Crippen LogP contribution in [-0.4, -0.2) is 52.0 Å². The highest BCUT2D eigenvalue weighted by atomic mass is 32.2. The molecule has 3 aliphatic rings. The lowest BCUT2D eigenvalue weighted by Gasteiger charge is -2.31. The Labute approximate surface area is 208 Å². The number of carbonyl (C=O) groups excluding carboxylic acids is 2. The molecule has 2 aliphatic carbocycles. The van der Waals surface area contributed by atoms with Gasteiger partial charge in [0.15, 0.2) is 5.41 Å². The molecule has 0 bridgehead atoms. The average molecular weight is 502 g/mol. The van der Waals surface area contributed by atoms with Crippen LogP contribution in [0.15, 0.2) is 52.0 Å². The van der Waals surface area contributed by atoms with Crippen molar-refractivity contribution in [3.8, 4) is 0 Å². The Morgan fingerprint density at radius 1 is 1.06 bits per heavy atom. The molecule has 1 saturated carbocycles. The summed E-state index contributed by atoms with van der Waals surface area (Å²) < 4.78 is 38.6. The molecule has 2 atom stereocenters. The van der Waals surface area contributed by atoms with Gasteiger partial charge in [-0.3, -0.25) is 9.59 Å². The summed E-state index contributed by atoms with van der Waals surface area (Å²) in [7, 11) is -1.10. The molecule has 7 nitrogen and oxygen atoms in total. The summed E-state index contributed by atoms with van der Waals surface area (Å²) in [4.78, 5) is 26.1. The van der Waals surface area contributed by atoms with Gasteiger partial charge in [0.25, 0.3) is 0 Å². The third-order valence-corrected chi connectivity index (χ3v) is 9.33. The Kier molecular flexibility index (Phi) is 6.51. The number of allylic oxidation sites excluding steroid dienone is 3. The zero-order valence-corrected chi connectivity index (χ0v) is 22.2. The molecule has 1 heterocycles. The van der Waals surface area contributed by atoms with Crippen molar-refractivity contribution in [3.63, 3.8) is 0 Å². The summed E-state index contributed by atoms with van der Waals surface area (Å²) in [6.07, 6.45) is 3.41. The van der Waals surface area contributed by atoms with E-state index < -0.39 is 27.4 Å². The summed E-state index contributed by atoms with van der Waals surface area (Å²) in [6.45, 7) is 8.92. The van der Waals surface area contributed by atoms with Crippen LogP contribution < -0.4 is 0 Å². The minimum absolute atomic E-state index is 0.0150. The fraction of sp³-hybridized carbons (Fsp3) is 0.556. The van der Waals surface area contributed by atoms with Crippen molar-refractivity contribution in [3.05, 3.63) is 52.6 Å². The van der Waals surface area contributed by atoms with E-state index in [1.165, 1.54) is 18.5 Å². The Balaban J connectivity index is 1.79.